The van der Waals surface area contributed by atoms with Crippen molar-refractivity contribution in [1.29, 1.82) is 0 Å². The molecule has 0 spiro atoms. The van der Waals surface area contributed by atoms with Gasteiger partial charge in [0.2, 0.25) is 10.0 Å². The van der Waals surface area contributed by atoms with Gasteiger partial charge in [-0.25, -0.2) is 8.42 Å². The first-order valence-corrected chi connectivity index (χ1v) is 10.4. The van der Waals surface area contributed by atoms with E-state index in [4.69, 9.17) is 4.74 Å². The van der Waals surface area contributed by atoms with Gasteiger partial charge in [-0.1, -0.05) is 30.3 Å². The summed E-state index contributed by atoms with van der Waals surface area (Å²) in [5, 5.41) is 1.16. The molecule has 28 heavy (non-hydrogen) atoms. The number of hydrogen-bond acceptors (Lipinski definition) is 6. The third-order valence-electron chi connectivity index (χ3n) is 4.22. The highest BCUT2D eigenvalue weighted by atomic mass is 32.2. The summed E-state index contributed by atoms with van der Waals surface area (Å²) in [5.74, 6) is -1.11. The minimum Gasteiger partial charge on any atom is -0.456 e. The van der Waals surface area contributed by atoms with Crippen molar-refractivity contribution in [2.24, 2.45) is 0 Å². The van der Waals surface area contributed by atoms with Crippen LogP contribution in [0.2, 0.25) is 0 Å². The fourth-order valence-corrected chi connectivity index (χ4v) is 3.76. The van der Waals surface area contributed by atoms with E-state index >= 15 is 0 Å². The van der Waals surface area contributed by atoms with E-state index in [1.54, 1.807) is 12.1 Å². The number of sulfonamides is 1. The molecule has 1 heterocycles. The summed E-state index contributed by atoms with van der Waals surface area (Å²) in [5.41, 5.74) is 0.784. The largest absolute Gasteiger partial charge is 0.456 e. The summed E-state index contributed by atoms with van der Waals surface area (Å²) in [6.07, 6.45) is 1.57. The van der Waals surface area contributed by atoms with E-state index in [0.717, 1.165) is 11.0 Å². The maximum absolute atomic E-state index is 12.4. The maximum Gasteiger partial charge on any atom is 0.306 e. The molecule has 1 fully saturated rings. The number of ketones is 1. The number of ether oxygens (including phenoxy) is 1. The first-order chi connectivity index (χ1) is 13.3. The quantitative estimate of drug-likeness (QED) is 0.596. The summed E-state index contributed by atoms with van der Waals surface area (Å²) in [6, 6.07) is 9.11. The van der Waals surface area contributed by atoms with E-state index in [-0.39, 0.29) is 50.7 Å². The Hall–Kier alpha value is -2.52. The number of benzene rings is 1. The van der Waals surface area contributed by atoms with Crippen molar-refractivity contribution in [1.82, 2.24) is 9.21 Å². The van der Waals surface area contributed by atoms with Crippen LogP contribution in [0.15, 0.2) is 35.7 Å². The molecule has 1 saturated heterocycles. The van der Waals surface area contributed by atoms with Crippen LogP contribution in [0.4, 0.5) is 0 Å². The molecule has 1 amide bonds. The molecule has 0 aromatic heterocycles. The molecule has 0 unspecified atom stereocenters. The molecule has 0 radical (unpaired) electrons. The number of Topliss-reactive ketones (excluding diaryl/α,β-unsaturated/α-hetero) is 1. The number of rotatable bonds is 8. The van der Waals surface area contributed by atoms with Crippen LogP contribution in [0.3, 0.4) is 0 Å². The van der Waals surface area contributed by atoms with Crippen molar-refractivity contribution in [2.45, 2.75) is 19.8 Å². The normalized spacial score (nSPS) is 15.5. The summed E-state index contributed by atoms with van der Waals surface area (Å²) < 4.78 is 31.0. The highest BCUT2D eigenvalue weighted by Gasteiger charge is 2.27. The number of carbonyl (C=O) groups is 3. The zero-order chi connectivity index (χ0) is 20.6. The van der Waals surface area contributed by atoms with Crippen molar-refractivity contribution in [2.75, 3.05) is 32.8 Å². The van der Waals surface area contributed by atoms with E-state index in [1.165, 1.54) is 22.2 Å². The lowest BCUT2D eigenvalue weighted by Crippen LogP contribution is -2.51. The molecule has 2 rings (SSSR count). The standard InChI is InChI=1S/C19H24N2O6S/c1-16(22)7-8-19(24)27-15-18(23)20-10-12-21(13-11-20)28(25,26)14-9-17-5-3-2-4-6-17/h2-6,9,14H,7-8,10-13,15H2,1H3/b14-9+. The predicted molar refractivity (Wildman–Crippen MR) is 103 cm³/mol. The minimum atomic E-state index is -3.57. The molecule has 0 saturated carbocycles. The second kappa shape index (κ2) is 10.1. The highest BCUT2D eigenvalue weighted by molar-refractivity contribution is 7.92. The summed E-state index contributed by atoms with van der Waals surface area (Å²) in [7, 11) is -3.57. The lowest BCUT2D eigenvalue weighted by molar-refractivity contribution is -0.152. The van der Waals surface area contributed by atoms with E-state index in [1.807, 2.05) is 18.2 Å². The molecule has 152 valence electrons. The Labute approximate surface area is 164 Å². The summed E-state index contributed by atoms with van der Waals surface area (Å²) in [4.78, 5) is 35.9. The van der Waals surface area contributed by atoms with Crippen LogP contribution < -0.4 is 0 Å². The lowest BCUT2D eigenvalue weighted by atomic mass is 10.2. The van der Waals surface area contributed by atoms with Gasteiger partial charge in [0.05, 0.1) is 6.42 Å². The number of nitrogens with zero attached hydrogens (tertiary/aromatic N) is 2. The lowest BCUT2D eigenvalue weighted by Gasteiger charge is -2.33. The Kier molecular flexibility index (Phi) is 7.89. The average molecular weight is 408 g/mol. The number of amides is 1. The van der Waals surface area contributed by atoms with Crippen molar-refractivity contribution < 1.29 is 27.5 Å². The van der Waals surface area contributed by atoms with Crippen molar-refractivity contribution in [3.8, 4) is 0 Å². The summed E-state index contributed by atoms with van der Waals surface area (Å²) >= 11 is 0. The van der Waals surface area contributed by atoms with Crippen LogP contribution in [0.1, 0.15) is 25.3 Å². The zero-order valence-corrected chi connectivity index (χ0v) is 16.6. The van der Waals surface area contributed by atoms with Crippen LogP contribution in [-0.2, 0) is 29.1 Å². The molecule has 1 aliphatic heterocycles. The number of piperazine rings is 1. The average Bonchev–Trinajstić information content (AvgIpc) is 2.70. The second-order valence-electron chi connectivity index (χ2n) is 6.40. The fraction of sp³-hybridized carbons (Fsp3) is 0.421. The Morgan fingerprint density at radius 2 is 1.68 bits per heavy atom. The van der Waals surface area contributed by atoms with E-state index in [2.05, 4.69) is 0 Å². The molecule has 0 atom stereocenters. The Morgan fingerprint density at radius 1 is 1.04 bits per heavy atom. The van der Waals surface area contributed by atoms with Gasteiger partial charge in [0, 0.05) is 38.0 Å². The van der Waals surface area contributed by atoms with Gasteiger partial charge < -0.3 is 14.4 Å². The SMILES string of the molecule is CC(=O)CCC(=O)OCC(=O)N1CCN(S(=O)(=O)/C=C/c2ccccc2)CC1. The van der Waals surface area contributed by atoms with Crippen molar-refractivity contribution in [3.63, 3.8) is 0 Å². The van der Waals surface area contributed by atoms with Crippen LogP contribution in [0.25, 0.3) is 6.08 Å². The molecule has 0 bridgehead atoms. The number of carbonyl (C=O) groups excluding carboxylic acids is 3. The molecule has 8 nitrogen and oxygen atoms in total. The second-order valence-corrected chi connectivity index (χ2v) is 8.22. The number of esters is 1. The third kappa shape index (κ3) is 6.90. The maximum atomic E-state index is 12.4. The molecular weight excluding hydrogens is 384 g/mol. The highest BCUT2D eigenvalue weighted by Crippen LogP contribution is 2.12. The topological polar surface area (TPSA) is 101 Å². The van der Waals surface area contributed by atoms with Gasteiger partial charge in [0.25, 0.3) is 5.91 Å². The van der Waals surface area contributed by atoms with Crippen LogP contribution >= 0.6 is 0 Å². The fourth-order valence-electron chi connectivity index (χ4n) is 2.59. The van der Waals surface area contributed by atoms with Gasteiger partial charge >= 0.3 is 5.97 Å². The van der Waals surface area contributed by atoms with Crippen molar-refractivity contribution >= 4 is 33.8 Å². The molecule has 9 heteroatoms. The third-order valence-corrected chi connectivity index (χ3v) is 5.79. The molecule has 0 N–H and O–H groups in total. The minimum absolute atomic E-state index is 0.0532. The van der Waals surface area contributed by atoms with Gasteiger partial charge in [-0.2, -0.15) is 4.31 Å². The van der Waals surface area contributed by atoms with Gasteiger partial charge in [0.15, 0.2) is 6.61 Å². The molecule has 1 aromatic carbocycles. The van der Waals surface area contributed by atoms with Gasteiger partial charge in [0.1, 0.15) is 5.78 Å². The van der Waals surface area contributed by atoms with E-state index in [9.17, 15) is 22.8 Å². The van der Waals surface area contributed by atoms with Crippen LogP contribution in [0.5, 0.6) is 0 Å². The first kappa shape index (κ1) is 21.8. The Morgan fingerprint density at radius 3 is 2.29 bits per heavy atom. The molecular formula is C19H24N2O6S. The first-order valence-electron chi connectivity index (χ1n) is 8.94. The van der Waals surface area contributed by atoms with E-state index < -0.39 is 22.6 Å². The monoisotopic (exact) mass is 408 g/mol. The Balaban J connectivity index is 1.79. The predicted octanol–water partition coefficient (Wildman–Crippen LogP) is 1.04. The molecule has 1 aromatic rings. The van der Waals surface area contributed by atoms with Crippen LogP contribution in [-0.4, -0.2) is 68.1 Å². The van der Waals surface area contributed by atoms with Gasteiger partial charge in [-0.15, -0.1) is 0 Å². The van der Waals surface area contributed by atoms with Gasteiger partial charge in [-0.05, 0) is 18.6 Å². The van der Waals surface area contributed by atoms with E-state index in [0.29, 0.717) is 0 Å². The van der Waals surface area contributed by atoms with Crippen molar-refractivity contribution in [3.05, 3.63) is 41.3 Å². The van der Waals surface area contributed by atoms with Gasteiger partial charge in [-0.3, -0.25) is 9.59 Å². The Bertz CT molecular complexity index is 827. The smallest absolute Gasteiger partial charge is 0.306 e. The number of hydrogen-bond donors (Lipinski definition) is 0. The zero-order valence-electron chi connectivity index (χ0n) is 15.7. The molecule has 0 aliphatic carbocycles. The van der Waals surface area contributed by atoms with Crippen LogP contribution in [0, 0.1) is 0 Å². The summed E-state index contributed by atoms with van der Waals surface area (Å²) in [6.45, 7) is 1.76. The molecule has 1 aliphatic rings.